The van der Waals surface area contributed by atoms with Gasteiger partial charge in [-0.3, -0.25) is 9.89 Å². The first-order valence-corrected chi connectivity index (χ1v) is 7.09. The van der Waals surface area contributed by atoms with Gasteiger partial charge in [-0.1, -0.05) is 34.1 Å². The number of rotatable bonds is 5. The van der Waals surface area contributed by atoms with E-state index in [1.54, 1.807) is 6.07 Å². The summed E-state index contributed by atoms with van der Waals surface area (Å²) < 4.78 is 0.900. The first kappa shape index (κ1) is 14.7. The van der Waals surface area contributed by atoms with Crippen LogP contribution >= 0.6 is 15.9 Å². The van der Waals surface area contributed by atoms with Crippen LogP contribution in [0, 0.1) is 6.92 Å². The number of hydrogen-bond donors (Lipinski definition) is 3. The summed E-state index contributed by atoms with van der Waals surface area (Å²) in [7, 11) is 0. The highest BCUT2D eigenvalue weighted by atomic mass is 79.9. The molecule has 106 valence electrons. The van der Waals surface area contributed by atoms with Crippen molar-refractivity contribution in [1.29, 1.82) is 0 Å². The highest BCUT2D eigenvalue weighted by Crippen LogP contribution is 2.25. The van der Waals surface area contributed by atoms with Crippen LogP contribution in [0.5, 0.6) is 0 Å². The molecule has 2 rings (SSSR count). The standard InChI is InChI=1S/C14H16BrN3O2/c1-9-8-13(18-17-9)14(20)16-12(6-7-19)10-4-2-3-5-11(10)15/h2-5,8,12,19H,6-7H2,1H3,(H,16,20)(H,17,18). The van der Waals surface area contributed by atoms with Crippen LogP contribution in [-0.2, 0) is 0 Å². The summed E-state index contributed by atoms with van der Waals surface area (Å²) in [5.74, 6) is -0.261. The monoisotopic (exact) mass is 337 g/mol. The molecule has 0 fully saturated rings. The third kappa shape index (κ3) is 3.46. The lowest BCUT2D eigenvalue weighted by atomic mass is 10.0. The number of aromatic nitrogens is 2. The molecule has 1 atom stereocenters. The molecule has 1 aromatic carbocycles. The van der Waals surface area contributed by atoms with Crippen molar-refractivity contribution >= 4 is 21.8 Å². The number of hydrogen-bond acceptors (Lipinski definition) is 3. The van der Waals surface area contributed by atoms with Crippen LogP contribution in [0.25, 0.3) is 0 Å². The second-order valence-electron chi connectivity index (χ2n) is 4.50. The molecule has 0 saturated heterocycles. The lowest BCUT2D eigenvalue weighted by Gasteiger charge is -2.19. The molecule has 0 aliphatic rings. The van der Waals surface area contributed by atoms with Crippen molar-refractivity contribution in [2.75, 3.05) is 6.61 Å². The summed E-state index contributed by atoms with van der Waals surface area (Å²) in [5, 5.41) is 18.8. The molecule has 0 bridgehead atoms. The Morgan fingerprint density at radius 2 is 2.25 bits per heavy atom. The van der Waals surface area contributed by atoms with Crippen LogP contribution in [0.4, 0.5) is 0 Å². The lowest BCUT2D eigenvalue weighted by Crippen LogP contribution is -2.29. The van der Waals surface area contributed by atoms with Crippen molar-refractivity contribution in [3.8, 4) is 0 Å². The van der Waals surface area contributed by atoms with Gasteiger partial charge < -0.3 is 10.4 Å². The Bertz CT molecular complexity index is 598. The molecule has 5 nitrogen and oxygen atoms in total. The summed E-state index contributed by atoms with van der Waals surface area (Å²) in [6, 6.07) is 9.05. The Morgan fingerprint density at radius 3 is 2.85 bits per heavy atom. The van der Waals surface area contributed by atoms with Gasteiger partial charge in [-0.25, -0.2) is 0 Å². The minimum absolute atomic E-state index is 0.00806. The Balaban J connectivity index is 2.18. The average molecular weight is 338 g/mol. The van der Waals surface area contributed by atoms with Crippen molar-refractivity contribution in [2.45, 2.75) is 19.4 Å². The van der Waals surface area contributed by atoms with Gasteiger partial charge in [0.05, 0.1) is 6.04 Å². The number of aromatic amines is 1. The summed E-state index contributed by atoms with van der Waals surface area (Å²) in [6.07, 6.45) is 0.442. The topological polar surface area (TPSA) is 78.0 Å². The van der Waals surface area contributed by atoms with Gasteiger partial charge in [0.1, 0.15) is 5.69 Å². The fourth-order valence-electron chi connectivity index (χ4n) is 1.96. The van der Waals surface area contributed by atoms with Crippen LogP contribution in [0.2, 0.25) is 0 Å². The molecule has 3 N–H and O–H groups in total. The fourth-order valence-corrected chi connectivity index (χ4v) is 2.52. The van der Waals surface area contributed by atoms with E-state index in [1.807, 2.05) is 31.2 Å². The van der Waals surface area contributed by atoms with Crippen LogP contribution < -0.4 is 5.32 Å². The van der Waals surface area contributed by atoms with Gasteiger partial charge in [0.15, 0.2) is 0 Å². The van der Waals surface area contributed by atoms with Gasteiger partial charge in [-0.15, -0.1) is 0 Å². The van der Waals surface area contributed by atoms with Crippen molar-refractivity contribution < 1.29 is 9.90 Å². The number of aliphatic hydroxyl groups excluding tert-OH is 1. The number of nitrogens with one attached hydrogen (secondary N) is 2. The highest BCUT2D eigenvalue weighted by Gasteiger charge is 2.18. The number of H-pyrrole nitrogens is 1. The predicted octanol–water partition coefficient (Wildman–Crippen LogP) is 2.33. The van der Waals surface area contributed by atoms with Gasteiger partial charge in [0.2, 0.25) is 0 Å². The van der Waals surface area contributed by atoms with E-state index in [-0.39, 0.29) is 18.6 Å². The number of benzene rings is 1. The fraction of sp³-hybridized carbons (Fsp3) is 0.286. The van der Waals surface area contributed by atoms with Gasteiger partial charge in [-0.2, -0.15) is 5.10 Å². The molecular weight excluding hydrogens is 322 g/mol. The number of carbonyl (C=O) groups excluding carboxylic acids is 1. The number of halogens is 1. The smallest absolute Gasteiger partial charge is 0.272 e. The van der Waals surface area contributed by atoms with E-state index in [2.05, 4.69) is 31.4 Å². The SMILES string of the molecule is Cc1cc(C(=O)NC(CCO)c2ccccc2Br)n[nH]1. The van der Waals surface area contributed by atoms with E-state index in [9.17, 15) is 9.90 Å². The molecule has 1 amide bonds. The molecule has 1 aromatic heterocycles. The normalized spacial score (nSPS) is 12.2. The highest BCUT2D eigenvalue weighted by molar-refractivity contribution is 9.10. The summed E-state index contributed by atoms with van der Waals surface area (Å²) in [5.41, 5.74) is 2.11. The molecule has 0 spiro atoms. The van der Waals surface area contributed by atoms with E-state index in [1.165, 1.54) is 0 Å². The number of nitrogens with zero attached hydrogens (tertiary/aromatic N) is 1. The zero-order chi connectivity index (χ0) is 14.5. The lowest BCUT2D eigenvalue weighted by molar-refractivity contribution is 0.0924. The first-order chi connectivity index (χ1) is 9.61. The molecule has 0 aliphatic carbocycles. The van der Waals surface area contributed by atoms with E-state index in [0.29, 0.717) is 12.1 Å². The van der Waals surface area contributed by atoms with Crippen molar-refractivity contribution in [2.24, 2.45) is 0 Å². The summed E-state index contributed by atoms with van der Waals surface area (Å²) >= 11 is 3.46. The van der Waals surface area contributed by atoms with Crippen LogP contribution in [-0.4, -0.2) is 27.8 Å². The summed E-state index contributed by atoms with van der Waals surface area (Å²) in [4.78, 5) is 12.1. The zero-order valence-corrected chi connectivity index (χ0v) is 12.6. The summed E-state index contributed by atoms with van der Waals surface area (Å²) in [6.45, 7) is 1.83. The number of carbonyl (C=O) groups is 1. The molecule has 0 radical (unpaired) electrons. The Hall–Kier alpha value is -1.66. The molecule has 1 unspecified atom stereocenters. The van der Waals surface area contributed by atoms with E-state index in [4.69, 9.17) is 0 Å². The molecule has 20 heavy (non-hydrogen) atoms. The zero-order valence-electron chi connectivity index (χ0n) is 11.1. The molecule has 2 aromatic rings. The Morgan fingerprint density at radius 1 is 1.50 bits per heavy atom. The van der Waals surface area contributed by atoms with Crippen molar-refractivity contribution in [3.63, 3.8) is 0 Å². The average Bonchev–Trinajstić information content (AvgIpc) is 2.86. The van der Waals surface area contributed by atoms with Gasteiger partial charge in [0, 0.05) is 16.8 Å². The third-order valence-electron chi connectivity index (χ3n) is 2.94. The van der Waals surface area contributed by atoms with Gasteiger partial charge in [-0.05, 0) is 31.0 Å². The third-order valence-corrected chi connectivity index (χ3v) is 3.66. The van der Waals surface area contributed by atoms with E-state index >= 15 is 0 Å². The van der Waals surface area contributed by atoms with Crippen molar-refractivity contribution in [1.82, 2.24) is 15.5 Å². The van der Waals surface area contributed by atoms with Crippen LogP contribution in [0.1, 0.15) is 34.2 Å². The van der Waals surface area contributed by atoms with Crippen LogP contribution in [0.15, 0.2) is 34.8 Å². The Labute approximate surface area is 125 Å². The van der Waals surface area contributed by atoms with Gasteiger partial charge in [0.25, 0.3) is 5.91 Å². The maximum Gasteiger partial charge on any atom is 0.272 e. The second kappa shape index (κ2) is 6.67. The largest absolute Gasteiger partial charge is 0.396 e. The number of amides is 1. The molecule has 1 heterocycles. The predicted molar refractivity (Wildman–Crippen MR) is 79.4 cm³/mol. The number of aliphatic hydroxyl groups is 1. The van der Waals surface area contributed by atoms with Crippen LogP contribution in [0.3, 0.4) is 0 Å². The van der Waals surface area contributed by atoms with E-state index in [0.717, 1.165) is 15.7 Å². The van der Waals surface area contributed by atoms with E-state index < -0.39 is 0 Å². The van der Waals surface area contributed by atoms with Gasteiger partial charge >= 0.3 is 0 Å². The first-order valence-electron chi connectivity index (χ1n) is 6.30. The Kier molecular flexibility index (Phi) is 4.92. The maximum atomic E-state index is 12.1. The minimum atomic E-state index is -0.264. The molecule has 0 saturated carbocycles. The minimum Gasteiger partial charge on any atom is -0.396 e. The van der Waals surface area contributed by atoms with Crippen molar-refractivity contribution in [3.05, 3.63) is 51.8 Å². The molecule has 0 aliphatic heterocycles. The maximum absolute atomic E-state index is 12.1. The second-order valence-corrected chi connectivity index (χ2v) is 5.35. The number of aryl methyl sites for hydroxylation is 1. The molecule has 6 heteroatoms. The quantitative estimate of drug-likeness (QED) is 0.783. The molecular formula is C14H16BrN3O2.